The second-order valence-electron chi connectivity index (χ2n) is 4.32. The lowest BCUT2D eigenvalue weighted by Gasteiger charge is -2.23. The summed E-state index contributed by atoms with van der Waals surface area (Å²) in [6.45, 7) is 3.09. The van der Waals surface area contributed by atoms with Crippen molar-refractivity contribution in [1.29, 1.82) is 0 Å². The maximum absolute atomic E-state index is 6.11. The third kappa shape index (κ3) is 3.65. The Bertz CT molecular complexity index is 366. The Morgan fingerprint density at radius 1 is 1.12 bits per heavy atom. The number of halogens is 3. The van der Waals surface area contributed by atoms with Crippen LogP contribution in [0, 0.1) is 5.92 Å². The molecule has 0 bridgehead atoms. The minimum Gasteiger partial charge on any atom is -0.382 e. The maximum atomic E-state index is 6.11. The lowest BCUT2D eigenvalue weighted by atomic mass is 9.98. The third-order valence-corrected chi connectivity index (χ3v) is 3.85. The van der Waals surface area contributed by atoms with E-state index in [1.807, 2.05) is 0 Å². The second-order valence-corrected chi connectivity index (χ2v) is 5.57. The smallest absolute Gasteiger partial charge is 0.0720 e. The number of hydrogen-bond acceptors (Lipinski definition) is 2. The Balaban J connectivity index is 1.98. The van der Waals surface area contributed by atoms with Gasteiger partial charge in [0, 0.05) is 11.6 Å². The van der Waals surface area contributed by atoms with E-state index in [1.165, 1.54) is 12.8 Å². The molecule has 0 spiro atoms. The molecule has 1 aromatic rings. The normalized spacial score (nSPS) is 17.1. The van der Waals surface area contributed by atoms with Crippen LogP contribution in [-0.2, 0) is 0 Å². The van der Waals surface area contributed by atoms with E-state index < -0.39 is 0 Å². The summed E-state index contributed by atoms with van der Waals surface area (Å²) in [7, 11) is 0. The molecule has 0 radical (unpaired) electrons. The molecule has 0 aromatic heterocycles. The highest BCUT2D eigenvalue weighted by atomic mass is 35.5. The van der Waals surface area contributed by atoms with E-state index in [2.05, 4.69) is 10.6 Å². The lowest BCUT2D eigenvalue weighted by Crippen LogP contribution is -2.31. The first-order valence-corrected chi connectivity index (χ1v) is 6.89. The minimum atomic E-state index is 0.562. The fraction of sp³-hybridized carbons (Fsp3) is 0.500. The molecule has 2 N–H and O–H groups in total. The van der Waals surface area contributed by atoms with Crippen LogP contribution in [-0.4, -0.2) is 19.6 Å². The van der Waals surface area contributed by atoms with Gasteiger partial charge in [0.1, 0.15) is 0 Å². The van der Waals surface area contributed by atoms with Gasteiger partial charge in [-0.05, 0) is 44.0 Å². The van der Waals surface area contributed by atoms with Gasteiger partial charge < -0.3 is 10.6 Å². The fourth-order valence-electron chi connectivity index (χ4n) is 2.04. The van der Waals surface area contributed by atoms with Crippen LogP contribution >= 0.6 is 34.8 Å². The summed E-state index contributed by atoms with van der Waals surface area (Å²) in [5.41, 5.74) is 0.788. The molecule has 0 aliphatic carbocycles. The van der Waals surface area contributed by atoms with E-state index in [0.29, 0.717) is 21.0 Å². The number of anilines is 1. The quantitative estimate of drug-likeness (QED) is 0.878. The standard InChI is InChI=1S/C12H15Cl3N2/c13-9-5-10(14)12(11(15)6-9)17-7-8-1-3-16-4-2-8/h5-6,8,16-17H,1-4,7H2. The van der Waals surface area contributed by atoms with Crippen molar-refractivity contribution in [2.45, 2.75) is 12.8 Å². The number of piperidine rings is 1. The van der Waals surface area contributed by atoms with Gasteiger partial charge in [-0.2, -0.15) is 0 Å². The highest BCUT2D eigenvalue weighted by Gasteiger charge is 2.14. The summed E-state index contributed by atoms with van der Waals surface area (Å²) < 4.78 is 0. The summed E-state index contributed by atoms with van der Waals surface area (Å²) in [5.74, 6) is 0.680. The summed E-state index contributed by atoms with van der Waals surface area (Å²) in [6.07, 6.45) is 2.38. The summed E-state index contributed by atoms with van der Waals surface area (Å²) in [5, 5.41) is 8.40. The Hall–Kier alpha value is -0.150. The lowest BCUT2D eigenvalue weighted by molar-refractivity contribution is 0.390. The summed E-state index contributed by atoms with van der Waals surface area (Å²) >= 11 is 18.1. The molecule has 1 saturated heterocycles. The van der Waals surface area contributed by atoms with Crippen molar-refractivity contribution < 1.29 is 0 Å². The largest absolute Gasteiger partial charge is 0.382 e. The maximum Gasteiger partial charge on any atom is 0.0720 e. The molecule has 1 heterocycles. The van der Waals surface area contributed by atoms with Crippen LogP contribution in [0.4, 0.5) is 5.69 Å². The van der Waals surface area contributed by atoms with Gasteiger partial charge in [-0.1, -0.05) is 34.8 Å². The monoisotopic (exact) mass is 292 g/mol. The van der Waals surface area contributed by atoms with E-state index in [0.717, 1.165) is 25.3 Å². The topological polar surface area (TPSA) is 24.1 Å². The number of nitrogens with one attached hydrogen (secondary N) is 2. The summed E-state index contributed by atoms with van der Waals surface area (Å²) in [6, 6.07) is 3.42. The average Bonchev–Trinajstić information content (AvgIpc) is 2.29. The molecular formula is C12H15Cl3N2. The molecule has 0 unspecified atom stereocenters. The molecule has 1 aromatic carbocycles. The first-order valence-electron chi connectivity index (χ1n) is 5.76. The van der Waals surface area contributed by atoms with Crippen molar-refractivity contribution in [3.63, 3.8) is 0 Å². The van der Waals surface area contributed by atoms with Crippen LogP contribution in [0.1, 0.15) is 12.8 Å². The molecule has 2 nitrogen and oxygen atoms in total. The molecule has 0 atom stereocenters. The molecule has 1 aliphatic rings. The van der Waals surface area contributed by atoms with Gasteiger partial charge in [0.05, 0.1) is 15.7 Å². The third-order valence-electron chi connectivity index (χ3n) is 3.03. The Kier molecular flexibility index (Phi) is 4.80. The summed E-state index contributed by atoms with van der Waals surface area (Å²) in [4.78, 5) is 0. The van der Waals surface area contributed by atoms with Gasteiger partial charge in [0.15, 0.2) is 0 Å². The van der Waals surface area contributed by atoms with Crippen LogP contribution in [0.3, 0.4) is 0 Å². The zero-order valence-corrected chi connectivity index (χ0v) is 11.7. The van der Waals surface area contributed by atoms with Gasteiger partial charge in [-0.25, -0.2) is 0 Å². The van der Waals surface area contributed by atoms with Gasteiger partial charge >= 0.3 is 0 Å². The van der Waals surface area contributed by atoms with E-state index in [1.54, 1.807) is 12.1 Å². The van der Waals surface area contributed by atoms with Crippen molar-refractivity contribution in [1.82, 2.24) is 5.32 Å². The van der Waals surface area contributed by atoms with E-state index in [4.69, 9.17) is 34.8 Å². The molecule has 1 fully saturated rings. The van der Waals surface area contributed by atoms with Crippen molar-refractivity contribution in [3.05, 3.63) is 27.2 Å². The Labute approximate surface area is 117 Å². The van der Waals surface area contributed by atoms with Crippen LogP contribution in [0.15, 0.2) is 12.1 Å². The fourth-order valence-corrected chi connectivity index (χ4v) is 2.99. The molecule has 2 rings (SSSR count). The van der Waals surface area contributed by atoms with Gasteiger partial charge in [-0.3, -0.25) is 0 Å². The SMILES string of the molecule is Clc1cc(Cl)c(NCC2CCNCC2)c(Cl)c1. The minimum absolute atomic E-state index is 0.562. The second kappa shape index (κ2) is 6.14. The van der Waals surface area contributed by atoms with Crippen LogP contribution in [0.25, 0.3) is 0 Å². The van der Waals surface area contributed by atoms with Crippen molar-refractivity contribution in [2.75, 3.05) is 25.0 Å². The van der Waals surface area contributed by atoms with E-state index in [9.17, 15) is 0 Å². The molecular weight excluding hydrogens is 279 g/mol. The molecule has 17 heavy (non-hydrogen) atoms. The van der Waals surface area contributed by atoms with Crippen LogP contribution in [0.2, 0.25) is 15.1 Å². The zero-order chi connectivity index (χ0) is 12.3. The molecule has 94 valence electrons. The first kappa shape index (κ1) is 13.3. The van der Waals surface area contributed by atoms with Gasteiger partial charge in [-0.15, -0.1) is 0 Å². The van der Waals surface area contributed by atoms with Crippen molar-refractivity contribution >= 4 is 40.5 Å². The first-order chi connectivity index (χ1) is 8.16. The van der Waals surface area contributed by atoms with Crippen molar-refractivity contribution in [2.24, 2.45) is 5.92 Å². The molecule has 0 amide bonds. The highest BCUT2D eigenvalue weighted by Crippen LogP contribution is 2.33. The Morgan fingerprint density at radius 2 is 1.71 bits per heavy atom. The molecule has 0 saturated carbocycles. The predicted octanol–water partition coefficient (Wildman–Crippen LogP) is 4.06. The number of benzene rings is 1. The van der Waals surface area contributed by atoms with E-state index in [-0.39, 0.29) is 0 Å². The zero-order valence-electron chi connectivity index (χ0n) is 9.40. The number of rotatable bonds is 3. The molecule has 5 heteroatoms. The van der Waals surface area contributed by atoms with Crippen LogP contribution in [0.5, 0.6) is 0 Å². The van der Waals surface area contributed by atoms with Gasteiger partial charge in [0.2, 0.25) is 0 Å². The molecule has 1 aliphatic heterocycles. The Morgan fingerprint density at radius 3 is 2.29 bits per heavy atom. The highest BCUT2D eigenvalue weighted by molar-refractivity contribution is 6.41. The van der Waals surface area contributed by atoms with Crippen LogP contribution < -0.4 is 10.6 Å². The predicted molar refractivity (Wildman–Crippen MR) is 75.6 cm³/mol. The number of hydrogen-bond donors (Lipinski definition) is 2. The van der Waals surface area contributed by atoms with Crippen molar-refractivity contribution in [3.8, 4) is 0 Å². The van der Waals surface area contributed by atoms with Gasteiger partial charge in [0.25, 0.3) is 0 Å². The average molecular weight is 294 g/mol. The van der Waals surface area contributed by atoms with E-state index >= 15 is 0 Å².